The zero-order valence-electron chi connectivity index (χ0n) is 10.9. The molecule has 3 N–H and O–H groups in total. The number of carbonyl (C=O) groups is 1. The van der Waals surface area contributed by atoms with Gasteiger partial charge in [0.15, 0.2) is 0 Å². The molecule has 2 rings (SSSR count). The maximum absolute atomic E-state index is 12.0. The van der Waals surface area contributed by atoms with Crippen LogP contribution < -0.4 is 11.1 Å². The van der Waals surface area contributed by atoms with Crippen LogP contribution in [-0.4, -0.2) is 5.91 Å². The number of carbonyl (C=O) groups excluding carboxylic acids is 1. The van der Waals surface area contributed by atoms with Gasteiger partial charge >= 0.3 is 0 Å². The van der Waals surface area contributed by atoms with E-state index in [1.165, 1.54) is 4.88 Å². The average Bonchev–Trinajstić information content (AvgIpc) is 2.89. The van der Waals surface area contributed by atoms with Gasteiger partial charge in [-0.05, 0) is 35.6 Å². The smallest absolute Gasteiger partial charge is 0.224 e. The van der Waals surface area contributed by atoms with E-state index in [-0.39, 0.29) is 11.9 Å². The molecule has 0 aliphatic heterocycles. The highest BCUT2D eigenvalue weighted by atomic mass is 32.1. The zero-order chi connectivity index (χ0) is 13.7. The molecule has 1 aromatic heterocycles. The summed E-state index contributed by atoms with van der Waals surface area (Å²) in [4.78, 5) is 13.2. The number of rotatable bonds is 5. The van der Waals surface area contributed by atoms with Crippen molar-refractivity contribution >= 4 is 22.9 Å². The van der Waals surface area contributed by atoms with E-state index in [1.54, 1.807) is 11.3 Å². The van der Waals surface area contributed by atoms with Crippen LogP contribution in [0.4, 0.5) is 5.69 Å². The first-order valence-electron chi connectivity index (χ1n) is 6.36. The second kappa shape index (κ2) is 6.38. The molecule has 1 unspecified atom stereocenters. The van der Waals surface area contributed by atoms with Crippen LogP contribution in [0.2, 0.25) is 0 Å². The summed E-state index contributed by atoms with van der Waals surface area (Å²) >= 11 is 1.67. The molecule has 0 aliphatic rings. The fraction of sp³-hybridized carbons (Fsp3) is 0.267. The van der Waals surface area contributed by atoms with Gasteiger partial charge in [-0.25, -0.2) is 0 Å². The molecule has 0 spiro atoms. The summed E-state index contributed by atoms with van der Waals surface area (Å²) in [6.45, 7) is 2.07. The van der Waals surface area contributed by atoms with Crippen LogP contribution in [-0.2, 0) is 11.2 Å². The van der Waals surface area contributed by atoms with Crippen molar-refractivity contribution < 1.29 is 4.79 Å². The Balaban J connectivity index is 1.97. The Morgan fingerprint density at radius 1 is 1.37 bits per heavy atom. The molecule has 0 saturated carbocycles. The van der Waals surface area contributed by atoms with Crippen molar-refractivity contribution in [1.29, 1.82) is 0 Å². The lowest BCUT2D eigenvalue weighted by Crippen LogP contribution is -2.29. The normalized spacial score (nSPS) is 12.1. The SMILES string of the molecule is CCC(NC(=O)Cc1cccc(N)c1)c1cccs1. The Morgan fingerprint density at radius 2 is 2.21 bits per heavy atom. The summed E-state index contributed by atoms with van der Waals surface area (Å²) in [6.07, 6.45) is 1.26. The van der Waals surface area contributed by atoms with Crippen molar-refractivity contribution in [2.75, 3.05) is 5.73 Å². The molecule has 1 atom stereocenters. The average molecular weight is 274 g/mol. The highest BCUT2D eigenvalue weighted by molar-refractivity contribution is 7.10. The minimum atomic E-state index is 0.0332. The fourth-order valence-electron chi connectivity index (χ4n) is 2.00. The van der Waals surface area contributed by atoms with E-state index in [0.717, 1.165) is 12.0 Å². The molecule has 4 heteroatoms. The minimum Gasteiger partial charge on any atom is -0.399 e. The van der Waals surface area contributed by atoms with E-state index in [9.17, 15) is 4.79 Å². The van der Waals surface area contributed by atoms with E-state index < -0.39 is 0 Å². The first-order valence-corrected chi connectivity index (χ1v) is 7.24. The quantitative estimate of drug-likeness (QED) is 0.823. The maximum atomic E-state index is 12.0. The third kappa shape index (κ3) is 3.83. The van der Waals surface area contributed by atoms with E-state index in [1.807, 2.05) is 35.7 Å². The van der Waals surface area contributed by atoms with Crippen LogP contribution in [0.3, 0.4) is 0 Å². The molecule has 1 heterocycles. The third-order valence-corrected chi connectivity index (χ3v) is 3.93. The van der Waals surface area contributed by atoms with Crippen LogP contribution >= 0.6 is 11.3 Å². The lowest BCUT2D eigenvalue weighted by molar-refractivity contribution is -0.121. The summed E-state index contributed by atoms with van der Waals surface area (Å²) in [5.74, 6) is 0.0332. The van der Waals surface area contributed by atoms with Crippen molar-refractivity contribution in [2.45, 2.75) is 25.8 Å². The molecular weight excluding hydrogens is 256 g/mol. The zero-order valence-corrected chi connectivity index (χ0v) is 11.7. The van der Waals surface area contributed by atoms with Crippen LogP contribution in [0, 0.1) is 0 Å². The van der Waals surface area contributed by atoms with Gasteiger partial charge in [-0.1, -0.05) is 25.1 Å². The van der Waals surface area contributed by atoms with Crippen molar-refractivity contribution in [1.82, 2.24) is 5.32 Å². The fourth-order valence-corrected chi connectivity index (χ4v) is 2.86. The highest BCUT2D eigenvalue weighted by Gasteiger charge is 2.13. The lowest BCUT2D eigenvalue weighted by Gasteiger charge is -2.15. The monoisotopic (exact) mass is 274 g/mol. The number of benzene rings is 1. The molecule has 3 nitrogen and oxygen atoms in total. The molecule has 0 saturated heterocycles. The Morgan fingerprint density at radius 3 is 2.84 bits per heavy atom. The maximum Gasteiger partial charge on any atom is 0.224 e. The minimum absolute atomic E-state index is 0.0332. The van der Waals surface area contributed by atoms with Gasteiger partial charge in [0.25, 0.3) is 0 Å². The summed E-state index contributed by atoms with van der Waals surface area (Å²) in [6, 6.07) is 11.6. The number of nitrogens with two attached hydrogens (primary N) is 1. The van der Waals surface area contributed by atoms with Crippen molar-refractivity contribution in [3.05, 3.63) is 52.2 Å². The van der Waals surface area contributed by atoms with E-state index in [2.05, 4.69) is 18.3 Å². The number of nitrogen functional groups attached to an aromatic ring is 1. The second-order valence-electron chi connectivity index (χ2n) is 4.47. The standard InChI is InChI=1S/C15H18N2OS/c1-2-13(14-7-4-8-19-14)17-15(18)10-11-5-3-6-12(16)9-11/h3-9,13H,2,10,16H2,1H3,(H,17,18). The first kappa shape index (κ1) is 13.6. The van der Waals surface area contributed by atoms with Gasteiger partial charge in [0.2, 0.25) is 5.91 Å². The molecule has 0 aliphatic carbocycles. The number of anilines is 1. The Hall–Kier alpha value is -1.81. The molecule has 2 aromatic rings. The van der Waals surface area contributed by atoms with Gasteiger partial charge in [0.1, 0.15) is 0 Å². The molecule has 1 aromatic carbocycles. The molecule has 1 amide bonds. The lowest BCUT2D eigenvalue weighted by atomic mass is 10.1. The Labute approximate surface area is 117 Å². The van der Waals surface area contributed by atoms with Gasteiger partial charge in [0.05, 0.1) is 12.5 Å². The molecule has 100 valence electrons. The van der Waals surface area contributed by atoms with E-state index >= 15 is 0 Å². The van der Waals surface area contributed by atoms with Gasteiger partial charge in [-0.2, -0.15) is 0 Å². The van der Waals surface area contributed by atoms with Gasteiger partial charge in [-0.3, -0.25) is 4.79 Å². The van der Waals surface area contributed by atoms with Crippen LogP contribution in [0.15, 0.2) is 41.8 Å². The third-order valence-electron chi connectivity index (χ3n) is 2.95. The Bertz CT molecular complexity index is 537. The van der Waals surface area contributed by atoms with E-state index in [0.29, 0.717) is 12.1 Å². The van der Waals surface area contributed by atoms with Gasteiger partial charge in [0, 0.05) is 10.6 Å². The largest absolute Gasteiger partial charge is 0.399 e. The predicted octanol–water partition coefficient (Wildman–Crippen LogP) is 3.14. The van der Waals surface area contributed by atoms with Crippen LogP contribution in [0.5, 0.6) is 0 Å². The first-order chi connectivity index (χ1) is 9.19. The summed E-state index contributed by atoms with van der Waals surface area (Å²) in [5, 5.41) is 5.10. The number of hydrogen-bond donors (Lipinski definition) is 2. The number of hydrogen-bond acceptors (Lipinski definition) is 3. The number of amides is 1. The van der Waals surface area contributed by atoms with Crippen molar-refractivity contribution in [3.63, 3.8) is 0 Å². The topological polar surface area (TPSA) is 55.1 Å². The molecule has 0 fully saturated rings. The number of thiophene rings is 1. The predicted molar refractivity (Wildman–Crippen MR) is 80.1 cm³/mol. The summed E-state index contributed by atoms with van der Waals surface area (Å²) in [5.41, 5.74) is 7.34. The Kier molecular flexibility index (Phi) is 4.58. The van der Waals surface area contributed by atoms with Crippen LogP contribution in [0.25, 0.3) is 0 Å². The highest BCUT2D eigenvalue weighted by Crippen LogP contribution is 2.21. The second-order valence-corrected chi connectivity index (χ2v) is 5.44. The summed E-state index contributed by atoms with van der Waals surface area (Å²) < 4.78 is 0. The molecular formula is C15H18N2OS. The van der Waals surface area contributed by atoms with Crippen molar-refractivity contribution in [2.24, 2.45) is 0 Å². The van der Waals surface area contributed by atoms with E-state index in [4.69, 9.17) is 5.73 Å². The van der Waals surface area contributed by atoms with Crippen LogP contribution in [0.1, 0.15) is 29.8 Å². The van der Waals surface area contributed by atoms with Gasteiger partial charge in [-0.15, -0.1) is 11.3 Å². The summed E-state index contributed by atoms with van der Waals surface area (Å²) in [7, 11) is 0. The molecule has 0 bridgehead atoms. The molecule has 19 heavy (non-hydrogen) atoms. The number of nitrogens with one attached hydrogen (secondary N) is 1. The molecule has 0 radical (unpaired) electrons. The van der Waals surface area contributed by atoms with Crippen molar-refractivity contribution in [3.8, 4) is 0 Å². The van der Waals surface area contributed by atoms with Gasteiger partial charge < -0.3 is 11.1 Å².